The van der Waals surface area contributed by atoms with E-state index in [-0.39, 0.29) is 0 Å². The number of rotatable bonds is 8. The van der Waals surface area contributed by atoms with Gasteiger partial charge < -0.3 is 10.1 Å². The molecule has 0 aromatic carbocycles. The highest BCUT2D eigenvalue weighted by Gasteiger charge is 2.18. The molecule has 1 heterocycles. The highest BCUT2D eigenvalue weighted by Crippen LogP contribution is 2.21. The van der Waals surface area contributed by atoms with Crippen LogP contribution >= 0.6 is 11.3 Å². The van der Waals surface area contributed by atoms with Crippen molar-refractivity contribution in [2.24, 2.45) is 0 Å². The predicted octanol–water partition coefficient (Wildman–Crippen LogP) is 0.782. The molecule has 0 unspecified atom stereocenters. The van der Waals surface area contributed by atoms with Crippen LogP contribution in [0.5, 0.6) is 0 Å². The molecular weight excluding hydrogens is 260 g/mol. The third-order valence-electron chi connectivity index (χ3n) is 2.07. The van der Waals surface area contributed by atoms with Crippen LogP contribution in [0.25, 0.3) is 0 Å². The lowest BCUT2D eigenvalue weighted by Crippen LogP contribution is -2.28. The van der Waals surface area contributed by atoms with E-state index in [0.717, 1.165) is 4.88 Å². The fraction of sp³-hybridized carbons (Fsp3) is 0.600. The number of nitrogens with one attached hydrogen (secondary N) is 2. The molecule has 0 spiro atoms. The van der Waals surface area contributed by atoms with Crippen molar-refractivity contribution in [2.45, 2.75) is 18.4 Å². The van der Waals surface area contributed by atoms with Crippen molar-refractivity contribution in [3.8, 4) is 0 Å². The van der Waals surface area contributed by atoms with Crippen molar-refractivity contribution in [3.05, 3.63) is 16.3 Å². The number of thiophene rings is 1. The highest BCUT2D eigenvalue weighted by atomic mass is 32.2. The molecule has 98 valence electrons. The zero-order chi connectivity index (χ0) is 12.7. The SMILES string of the molecule is CCOCCNS(=O)(=O)c1ccsc1CNC. The Morgan fingerprint density at radius 3 is 2.88 bits per heavy atom. The average molecular weight is 278 g/mol. The molecule has 1 aromatic rings. The van der Waals surface area contributed by atoms with Crippen LogP contribution in [-0.4, -0.2) is 35.2 Å². The molecule has 0 radical (unpaired) electrons. The van der Waals surface area contributed by atoms with E-state index in [4.69, 9.17) is 4.74 Å². The maximum atomic E-state index is 12.0. The summed E-state index contributed by atoms with van der Waals surface area (Å²) in [4.78, 5) is 1.17. The molecule has 0 bridgehead atoms. The van der Waals surface area contributed by atoms with Gasteiger partial charge in [-0.3, -0.25) is 0 Å². The molecular formula is C10H18N2O3S2. The molecule has 1 aromatic heterocycles. The van der Waals surface area contributed by atoms with E-state index in [9.17, 15) is 8.42 Å². The van der Waals surface area contributed by atoms with Gasteiger partial charge in [-0.2, -0.15) is 0 Å². The summed E-state index contributed by atoms with van der Waals surface area (Å²) in [6, 6.07) is 1.63. The van der Waals surface area contributed by atoms with Gasteiger partial charge in [-0.1, -0.05) is 0 Å². The topological polar surface area (TPSA) is 67.4 Å². The Balaban J connectivity index is 2.65. The first kappa shape index (κ1) is 14.6. The van der Waals surface area contributed by atoms with E-state index in [0.29, 0.717) is 31.2 Å². The Kier molecular flexibility index (Phi) is 6.07. The van der Waals surface area contributed by atoms with E-state index in [1.165, 1.54) is 11.3 Å². The lowest BCUT2D eigenvalue weighted by Gasteiger charge is -2.07. The van der Waals surface area contributed by atoms with Gasteiger partial charge in [-0.15, -0.1) is 11.3 Å². The number of ether oxygens (including phenoxy) is 1. The van der Waals surface area contributed by atoms with Crippen LogP contribution in [-0.2, 0) is 21.3 Å². The molecule has 0 fully saturated rings. The molecule has 0 aliphatic heterocycles. The second kappa shape index (κ2) is 7.07. The van der Waals surface area contributed by atoms with Crippen LogP contribution in [0, 0.1) is 0 Å². The molecule has 0 saturated heterocycles. The minimum absolute atomic E-state index is 0.297. The van der Waals surface area contributed by atoms with Crippen LogP contribution in [0.4, 0.5) is 0 Å². The summed E-state index contributed by atoms with van der Waals surface area (Å²) in [5, 5.41) is 4.73. The number of sulfonamides is 1. The van der Waals surface area contributed by atoms with Gasteiger partial charge >= 0.3 is 0 Å². The van der Waals surface area contributed by atoms with Crippen molar-refractivity contribution >= 4 is 21.4 Å². The molecule has 0 aliphatic carbocycles. The van der Waals surface area contributed by atoms with E-state index in [2.05, 4.69) is 10.0 Å². The lowest BCUT2D eigenvalue weighted by atomic mass is 10.5. The van der Waals surface area contributed by atoms with Crippen molar-refractivity contribution in [1.29, 1.82) is 0 Å². The molecule has 0 saturated carbocycles. The largest absolute Gasteiger partial charge is 0.380 e. The molecule has 1 rings (SSSR count). The minimum Gasteiger partial charge on any atom is -0.380 e. The molecule has 17 heavy (non-hydrogen) atoms. The average Bonchev–Trinajstić information content (AvgIpc) is 2.74. The van der Waals surface area contributed by atoms with E-state index >= 15 is 0 Å². The lowest BCUT2D eigenvalue weighted by molar-refractivity contribution is 0.153. The first-order valence-corrected chi connectivity index (χ1v) is 7.76. The monoisotopic (exact) mass is 278 g/mol. The Hall–Kier alpha value is -0.470. The summed E-state index contributed by atoms with van der Waals surface area (Å²) < 4.78 is 31.5. The van der Waals surface area contributed by atoms with Crippen LogP contribution in [0.1, 0.15) is 11.8 Å². The minimum atomic E-state index is -3.41. The van der Waals surface area contributed by atoms with Crippen LogP contribution in [0.3, 0.4) is 0 Å². The molecule has 7 heteroatoms. The Morgan fingerprint density at radius 2 is 2.24 bits per heavy atom. The Morgan fingerprint density at radius 1 is 1.47 bits per heavy atom. The standard InChI is InChI=1S/C10H18N2O3S2/c1-3-15-6-5-12-17(13,14)10-4-7-16-9(10)8-11-2/h4,7,11-12H,3,5-6,8H2,1-2H3. The van der Waals surface area contributed by atoms with Crippen LogP contribution < -0.4 is 10.0 Å². The highest BCUT2D eigenvalue weighted by molar-refractivity contribution is 7.89. The van der Waals surface area contributed by atoms with E-state index in [1.807, 2.05) is 6.92 Å². The summed E-state index contributed by atoms with van der Waals surface area (Å²) >= 11 is 1.43. The van der Waals surface area contributed by atoms with Gasteiger partial charge in [0.1, 0.15) is 0 Å². The summed E-state index contributed by atoms with van der Waals surface area (Å²) in [6.07, 6.45) is 0. The Bertz CT molecular complexity index is 429. The third kappa shape index (κ3) is 4.36. The summed E-state index contributed by atoms with van der Waals surface area (Å²) in [6.45, 7) is 3.70. The normalized spacial score (nSPS) is 11.9. The van der Waals surface area contributed by atoms with Gasteiger partial charge in [0, 0.05) is 24.6 Å². The molecule has 0 aliphatic rings. The van der Waals surface area contributed by atoms with Gasteiger partial charge in [0.15, 0.2) is 0 Å². The maximum absolute atomic E-state index is 12.0. The smallest absolute Gasteiger partial charge is 0.241 e. The van der Waals surface area contributed by atoms with Crippen molar-refractivity contribution in [2.75, 3.05) is 26.8 Å². The zero-order valence-corrected chi connectivity index (χ0v) is 11.7. The third-order valence-corrected chi connectivity index (χ3v) is 4.67. The first-order chi connectivity index (χ1) is 8.11. The Labute approximate surface area is 106 Å². The molecule has 5 nitrogen and oxygen atoms in total. The van der Waals surface area contributed by atoms with Gasteiger partial charge in [-0.05, 0) is 25.4 Å². The van der Waals surface area contributed by atoms with E-state index in [1.54, 1.807) is 18.5 Å². The second-order valence-corrected chi connectivity index (χ2v) is 6.07. The second-order valence-electron chi connectivity index (χ2n) is 3.33. The van der Waals surface area contributed by atoms with Crippen molar-refractivity contribution < 1.29 is 13.2 Å². The van der Waals surface area contributed by atoms with Gasteiger partial charge in [-0.25, -0.2) is 13.1 Å². The number of hydrogen-bond donors (Lipinski definition) is 2. The predicted molar refractivity (Wildman–Crippen MR) is 68.8 cm³/mol. The molecule has 0 atom stereocenters. The quantitative estimate of drug-likeness (QED) is 0.690. The zero-order valence-electron chi connectivity index (χ0n) is 10.0. The van der Waals surface area contributed by atoms with Gasteiger partial charge in [0.25, 0.3) is 0 Å². The van der Waals surface area contributed by atoms with Crippen molar-refractivity contribution in [3.63, 3.8) is 0 Å². The number of hydrogen-bond acceptors (Lipinski definition) is 5. The molecule has 2 N–H and O–H groups in total. The van der Waals surface area contributed by atoms with Gasteiger partial charge in [0.2, 0.25) is 10.0 Å². The fourth-order valence-electron chi connectivity index (χ4n) is 1.33. The summed E-state index contributed by atoms with van der Waals surface area (Å²) in [5.74, 6) is 0. The van der Waals surface area contributed by atoms with Gasteiger partial charge in [0.05, 0.1) is 11.5 Å². The summed E-state index contributed by atoms with van der Waals surface area (Å²) in [7, 11) is -1.62. The van der Waals surface area contributed by atoms with Crippen LogP contribution in [0.2, 0.25) is 0 Å². The van der Waals surface area contributed by atoms with Crippen molar-refractivity contribution in [1.82, 2.24) is 10.0 Å². The first-order valence-electron chi connectivity index (χ1n) is 5.40. The molecule has 0 amide bonds. The maximum Gasteiger partial charge on any atom is 0.241 e. The fourth-order valence-corrected chi connectivity index (χ4v) is 3.79. The van der Waals surface area contributed by atoms with Crippen LogP contribution in [0.15, 0.2) is 16.3 Å². The summed E-state index contributed by atoms with van der Waals surface area (Å²) in [5.41, 5.74) is 0. The van der Waals surface area contributed by atoms with E-state index < -0.39 is 10.0 Å².